The van der Waals surface area contributed by atoms with Crippen LogP contribution in [0.5, 0.6) is 0 Å². The van der Waals surface area contributed by atoms with E-state index in [1.54, 1.807) is 4.90 Å². The van der Waals surface area contributed by atoms with Crippen molar-refractivity contribution in [3.05, 3.63) is 64.7 Å². The average Bonchev–Trinajstić information content (AvgIpc) is 3.09. The van der Waals surface area contributed by atoms with Gasteiger partial charge in [0.2, 0.25) is 5.91 Å². The molecule has 6 heteroatoms. The first-order chi connectivity index (χ1) is 13.5. The van der Waals surface area contributed by atoms with Crippen molar-refractivity contribution < 1.29 is 9.59 Å². The highest BCUT2D eigenvalue weighted by Gasteiger charge is 2.29. The van der Waals surface area contributed by atoms with Crippen LogP contribution in [0.4, 0.5) is 11.4 Å². The summed E-state index contributed by atoms with van der Waals surface area (Å²) in [6.45, 7) is 3.98. The van der Waals surface area contributed by atoms with Gasteiger partial charge in [0.25, 0.3) is 5.91 Å². The van der Waals surface area contributed by atoms with Crippen LogP contribution in [0, 0.1) is 6.92 Å². The largest absolute Gasteiger partial charge is 0.325 e. The van der Waals surface area contributed by atoms with Crippen molar-refractivity contribution in [3.8, 4) is 10.6 Å². The van der Waals surface area contributed by atoms with Gasteiger partial charge in [0.05, 0.1) is 17.1 Å². The molecular formula is C22H21N3O2S. The van der Waals surface area contributed by atoms with Crippen LogP contribution in [0.15, 0.2) is 48.5 Å². The van der Waals surface area contributed by atoms with Crippen molar-refractivity contribution in [1.82, 2.24) is 4.98 Å². The van der Waals surface area contributed by atoms with Gasteiger partial charge in [-0.2, -0.15) is 0 Å². The fourth-order valence-corrected chi connectivity index (χ4v) is 4.59. The number of nitrogens with zero attached hydrogens (tertiary/aromatic N) is 2. The summed E-state index contributed by atoms with van der Waals surface area (Å²) in [5, 5.41) is 3.71. The number of carbonyl (C=O) groups excluding carboxylic acids is 2. The highest BCUT2D eigenvalue weighted by molar-refractivity contribution is 7.17. The Kier molecular flexibility index (Phi) is 4.96. The number of thiazole rings is 1. The Hall–Kier alpha value is -2.99. The van der Waals surface area contributed by atoms with Crippen molar-refractivity contribution in [1.29, 1.82) is 0 Å². The lowest BCUT2D eigenvalue weighted by atomic mass is 10.00. The molecule has 0 unspecified atom stereocenters. The van der Waals surface area contributed by atoms with E-state index in [-0.39, 0.29) is 11.8 Å². The van der Waals surface area contributed by atoms with Crippen LogP contribution in [-0.4, -0.2) is 23.3 Å². The van der Waals surface area contributed by atoms with Crippen LogP contribution in [0.2, 0.25) is 0 Å². The summed E-state index contributed by atoms with van der Waals surface area (Å²) in [4.78, 5) is 32.1. The molecule has 0 spiro atoms. The minimum Gasteiger partial charge on any atom is -0.325 e. The van der Waals surface area contributed by atoms with Gasteiger partial charge in [-0.05, 0) is 31.4 Å². The number of nitrogens with one attached hydrogen (secondary N) is 1. The van der Waals surface area contributed by atoms with E-state index in [4.69, 9.17) is 0 Å². The molecule has 142 valence electrons. The van der Waals surface area contributed by atoms with E-state index in [2.05, 4.69) is 10.3 Å². The Morgan fingerprint density at radius 3 is 2.64 bits per heavy atom. The van der Waals surface area contributed by atoms with Gasteiger partial charge < -0.3 is 10.2 Å². The first kappa shape index (κ1) is 18.4. The van der Waals surface area contributed by atoms with E-state index in [1.807, 2.05) is 55.5 Å². The number of carbonyl (C=O) groups is 2. The van der Waals surface area contributed by atoms with Crippen LogP contribution in [0.25, 0.3) is 10.6 Å². The molecule has 2 aromatic carbocycles. The molecule has 2 amide bonds. The van der Waals surface area contributed by atoms with Crippen molar-refractivity contribution in [2.45, 2.75) is 26.7 Å². The minimum atomic E-state index is -0.147. The van der Waals surface area contributed by atoms with Gasteiger partial charge in [-0.3, -0.25) is 9.59 Å². The standard InChI is InChI=1S/C22H21N3O2S/c1-14-20(28-21(23-14)17-8-4-3-5-9-17)22(27)25-13-7-11-16-10-6-12-18(19(16)25)24-15(2)26/h3-6,8-10,12H,7,11,13H2,1-2H3,(H,24,26). The normalized spacial score (nSPS) is 13.1. The molecule has 1 aromatic heterocycles. The van der Waals surface area contributed by atoms with E-state index in [0.29, 0.717) is 17.1 Å². The number of amides is 2. The molecule has 0 aliphatic carbocycles. The number of para-hydroxylation sites is 1. The summed E-state index contributed by atoms with van der Waals surface area (Å²) in [7, 11) is 0. The molecule has 0 atom stereocenters. The van der Waals surface area contributed by atoms with Crippen molar-refractivity contribution in [3.63, 3.8) is 0 Å². The zero-order valence-electron chi connectivity index (χ0n) is 15.9. The Morgan fingerprint density at radius 1 is 1.11 bits per heavy atom. The predicted molar refractivity (Wildman–Crippen MR) is 113 cm³/mol. The smallest absolute Gasteiger partial charge is 0.270 e. The molecule has 4 rings (SSSR count). The van der Waals surface area contributed by atoms with E-state index < -0.39 is 0 Å². The lowest BCUT2D eigenvalue weighted by Gasteiger charge is -2.31. The Bertz CT molecular complexity index is 1040. The third kappa shape index (κ3) is 3.43. The quantitative estimate of drug-likeness (QED) is 0.706. The van der Waals surface area contributed by atoms with Crippen LogP contribution in [0.1, 0.15) is 34.3 Å². The molecule has 0 radical (unpaired) electrons. The molecule has 1 aliphatic heterocycles. The number of aromatic nitrogens is 1. The molecule has 0 fully saturated rings. The van der Waals surface area contributed by atoms with Gasteiger partial charge in [0.15, 0.2) is 0 Å². The van der Waals surface area contributed by atoms with Crippen LogP contribution in [-0.2, 0) is 11.2 Å². The fourth-order valence-electron chi connectivity index (χ4n) is 3.57. The van der Waals surface area contributed by atoms with Gasteiger partial charge >= 0.3 is 0 Å². The molecule has 5 nitrogen and oxygen atoms in total. The number of fused-ring (bicyclic) bond motifs is 1. The minimum absolute atomic E-state index is 0.0593. The summed E-state index contributed by atoms with van der Waals surface area (Å²) in [5.41, 5.74) is 4.31. The number of anilines is 2. The number of hydrogen-bond acceptors (Lipinski definition) is 4. The maximum absolute atomic E-state index is 13.4. The number of aryl methyl sites for hydroxylation is 2. The monoisotopic (exact) mass is 391 g/mol. The molecule has 2 heterocycles. The number of rotatable bonds is 3. The van der Waals surface area contributed by atoms with Crippen LogP contribution < -0.4 is 10.2 Å². The maximum Gasteiger partial charge on any atom is 0.270 e. The highest BCUT2D eigenvalue weighted by Crippen LogP contribution is 2.37. The van der Waals surface area contributed by atoms with E-state index in [1.165, 1.54) is 18.3 Å². The van der Waals surface area contributed by atoms with E-state index in [9.17, 15) is 9.59 Å². The number of hydrogen-bond donors (Lipinski definition) is 1. The molecule has 3 aromatic rings. The van der Waals surface area contributed by atoms with Crippen LogP contribution >= 0.6 is 11.3 Å². The van der Waals surface area contributed by atoms with Gasteiger partial charge in [0.1, 0.15) is 9.88 Å². The Morgan fingerprint density at radius 2 is 1.89 bits per heavy atom. The SMILES string of the molecule is CC(=O)Nc1cccc2c1N(C(=O)c1sc(-c3ccccc3)nc1C)CCC2. The summed E-state index contributed by atoms with van der Waals surface area (Å²) < 4.78 is 0. The van der Waals surface area contributed by atoms with Gasteiger partial charge in [-0.1, -0.05) is 42.5 Å². The first-order valence-electron chi connectivity index (χ1n) is 9.29. The van der Waals surface area contributed by atoms with Gasteiger partial charge in [-0.15, -0.1) is 11.3 Å². The Balaban J connectivity index is 1.73. The van der Waals surface area contributed by atoms with Crippen LogP contribution in [0.3, 0.4) is 0 Å². The highest BCUT2D eigenvalue weighted by atomic mass is 32.1. The summed E-state index contributed by atoms with van der Waals surface area (Å²) in [6, 6.07) is 15.7. The van der Waals surface area contributed by atoms with Crippen molar-refractivity contribution >= 4 is 34.5 Å². The van der Waals surface area contributed by atoms with Crippen molar-refractivity contribution in [2.75, 3.05) is 16.8 Å². The third-order valence-corrected chi connectivity index (χ3v) is 5.98. The lowest BCUT2D eigenvalue weighted by molar-refractivity contribution is -0.114. The second-order valence-electron chi connectivity index (χ2n) is 6.85. The molecule has 28 heavy (non-hydrogen) atoms. The predicted octanol–water partition coefficient (Wildman–Crippen LogP) is 4.67. The summed E-state index contributed by atoms with van der Waals surface area (Å²) >= 11 is 1.42. The molecule has 0 saturated heterocycles. The maximum atomic E-state index is 13.4. The second kappa shape index (κ2) is 7.56. The van der Waals surface area contributed by atoms with Gasteiger partial charge in [-0.25, -0.2) is 4.98 Å². The summed E-state index contributed by atoms with van der Waals surface area (Å²) in [6.07, 6.45) is 1.79. The van der Waals surface area contributed by atoms with Gasteiger partial charge in [0, 0.05) is 19.0 Å². The lowest BCUT2D eigenvalue weighted by Crippen LogP contribution is -2.36. The van der Waals surface area contributed by atoms with E-state index in [0.717, 1.165) is 40.4 Å². The zero-order valence-corrected chi connectivity index (χ0v) is 16.7. The zero-order chi connectivity index (χ0) is 19.7. The topological polar surface area (TPSA) is 62.3 Å². The third-order valence-electron chi connectivity index (χ3n) is 4.78. The fraction of sp³-hybridized carbons (Fsp3) is 0.227. The average molecular weight is 391 g/mol. The molecular weight excluding hydrogens is 370 g/mol. The molecule has 0 saturated carbocycles. The van der Waals surface area contributed by atoms with E-state index >= 15 is 0 Å². The Labute approximate surface area is 168 Å². The van der Waals surface area contributed by atoms with Crippen molar-refractivity contribution in [2.24, 2.45) is 0 Å². The summed E-state index contributed by atoms with van der Waals surface area (Å²) in [5.74, 6) is -0.206. The second-order valence-corrected chi connectivity index (χ2v) is 7.85. The number of benzene rings is 2. The molecule has 0 bridgehead atoms. The molecule has 1 N–H and O–H groups in total. The molecule has 1 aliphatic rings. The first-order valence-corrected chi connectivity index (χ1v) is 10.1.